The Morgan fingerprint density at radius 1 is 1.07 bits per heavy atom. The number of carbonyl (C=O) groups excluding carboxylic acids is 1. The summed E-state index contributed by atoms with van der Waals surface area (Å²) in [6.07, 6.45) is 0. The SMILES string of the molecule is CCOc1ccc(NC(=O)CSc2nnc3ccc(-c4ccc(Br)cc4)nn23)cc1. The van der Waals surface area contributed by atoms with Crippen LogP contribution in [0.5, 0.6) is 5.75 Å². The number of halogens is 1. The molecule has 0 saturated carbocycles. The van der Waals surface area contributed by atoms with Crippen LogP contribution >= 0.6 is 27.7 Å². The fraction of sp³-hybridized carbons (Fsp3) is 0.143. The number of hydrogen-bond acceptors (Lipinski definition) is 6. The Hall–Kier alpha value is -2.91. The Morgan fingerprint density at radius 2 is 1.83 bits per heavy atom. The van der Waals surface area contributed by atoms with E-state index in [1.54, 1.807) is 4.52 Å². The quantitative estimate of drug-likeness (QED) is 0.384. The molecule has 2 aromatic heterocycles. The van der Waals surface area contributed by atoms with Crippen molar-refractivity contribution < 1.29 is 9.53 Å². The Kier molecular flexibility index (Phi) is 6.29. The van der Waals surface area contributed by atoms with Gasteiger partial charge in [-0.2, -0.15) is 9.61 Å². The maximum Gasteiger partial charge on any atom is 0.234 e. The van der Waals surface area contributed by atoms with Gasteiger partial charge in [-0.25, -0.2) is 0 Å². The molecule has 4 rings (SSSR count). The summed E-state index contributed by atoms with van der Waals surface area (Å²) in [7, 11) is 0. The highest BCUT2D eigenvalue weighted by Gasteiger charge is 2.12. The first kappa shape index (κ1) is 20.4. The second-order valence-electron chi connectivity index (χ2n) is 6.27. The first-order chi connectivity index (χ1) is 14.6. The van der Waals surface area contributed by atoms with Crippen LogP contribution in [0.2, 0.25) is 0 Å². The van der Waals surface area contributed by atoms with Crippen LogP contribution in [-0.2, 0) is 4.79 Å². The van der Waals surface area contributed by atoms with Crippen LogP contribution in [-0.4, -0.2) is 38.1 Å². The molecule has 4 aromatic rings. The predicted octanol–water partition coefficient (Wildman–Crippen LogP) is 4.68. The second-order valence-corrected chi connectivity index (χ2v) is 8.13. The average molecular weight is 484 g/mol. The van der Waals surface area contributed by atoms with E-state index in [-0.39, 0.29) is 11.7 Å². The Labute approximate surface area is 186 Å². The smallest absolute Gasteiger partial charge is 0.234 e. The summed E-state index contributed by atoms with van der Waals surface area (Å²) in [6, 6.07) is 18.9. The van der Waals surface area contributed by atoms with Crippen LogP contribution in [0, 0.1) is 0 Å². The summed E-state index contributed by atoms with van der Waals surface area (Å²) in [4.78, 5) is 12.3. The number of amides is 1. The van der Waals surface area contributed by atoms with Crippen molar-refractivity contribution in [3.05, 3.63) is 65.1 Å². The molecule has 0 bridgehead atoms. The van der Waals surface area contributed by atoms with Crippen LogP contribution in [0.25, 0.3) is 16.9 Å². The van der Waals surface area contributed by atoms with E-state index in [0.29, 0.717) is 23.1 Å². The van der Waals surface area contributed by atoms with Gasteiger partial charge in [0.1, 0.15) is 5.75 Å². The van der Waals surface area contributed by atoms with Crippen molar-refractivity contribution in [2.75, 3.05) is 17.7 Å². The Morgan fingerprint density at radius 3 is 2.57 bits per heavy atom. The van der Waals surface area contributed by atoms with Crippen molar-refractivity contribution in [2.24, 2.45) is 0 Å². The van der Waals surface area contributed by atoms with E-state index >= 15 is 0 Å². The molecule has 0 aliphatic rings. The molecule has 2 aromatic carbocycles. The summed E-state index contributed by atoms with van der Waals surface area (Å²) in [5.74, 6) is 0.829. The lowest BCUT2D eigenvalue weighted by Gasteiger charge is -2.07. The largest absolute Gasteiger partial charge is 0.494 e. The molecule has 0 spiro atoms. The third kappa shape index (κ3) is 4.80. The summed E-state index contributed by atoms with van der Waals surface area (Å²) in [5.41, 5.74) is 3.13. The van der Waals surface area contributed by atoms with E-state index < -0.39 is 0 Å². The van der Waals surface area contributed by atoms with E-state index in [1.165, 1.54) is 11.8 Å². The predicted molar refractivity (Wildman–Crippen MR) is 121 cm³/mol. The van der Waals surface area contributed by atoms with Gasteiger partial charge in [-0.1, -0.05) is 39.8 Å². The standard InChI is InChI=1S/C21H18BrN5O2S/c1-2-29-17-9-7-16(8-10-17)23-20(28)13-30-21-25-24-19-12-11-18(26-27(19)21)14-3-5-15(22)6-4-14/h3-12H,2,13H2,1H3,(H,23,28). The average Bonchev–Trinajstić information content (AvgIpc) is 3.17. The number of anilines is 1. The monoisotopic (exact) mass is 483 g/mol. The number of rotatable bonds is 7. The minimum atomic E-state index is -0.134. The minimum absolute atomic E-state index is 0.134. The number of hydrogen-bond donors (Lipinski definition) is 1. The van der Waals surface area contributed by atoms with Crippen LogP contribution in [0.4, 0.5) is 5.69 Å². The molecule has 30 heavy (non-hydrogen) atoms. The van der Waals surface area contributed by atoms with Crippen molar-refractivity contribution in [2.45, 2.75) is 12.1 Å². The first-order valence-electron chi connectivity index (χ1n) is 9.26. The van der Waals surface area contributed by atoms with Crippen molar-refractivity contribution in [3.63, 3.8) is 0 Å². The third-order valence-electron chi connectivity index (χ3n) is 4.16. The summed E-state index contributed by atoms with van der Waals surface area (Å²) in [5, 5.41) is 16.4. The topological polar surface area (TPSA) is 81.4 Å². The molecule has 2 heterocycles. The molecular weight excluding hydrogens is 466 g/mol. The zero-order chi connectivity index (χ0) is 20.9. The molecule has 1 amide bonds. The number of thioether (sulfide) groups is 1. The van der Waals surface area contributed by atoms with Crippen molar-refractivity contribution in [3.8, 4) is 17.0 Å². The molecule has 0 fully saturated rings. The van der Waals surface area contributed by atoms with Gasteiger partial charge in [-0.05, 0) is 55.5 Å². The number of aromatic nitrogens is 4. The molecule has 0 radical (unpaired) electrons. The van der Waals surface area contributed by atoms with E-state index in [1.807, 2.05) is 67.6 Å². The van der Waals surface area contributed by atoms with E-state index in [2.05, 4.69) is 36.5 Å². The zero-order valence-corrected chi connectivity index (χ0v) is 18.5. The van der Waals surface area contributed by atoms with Gasteiger partial charge in [0.05, 0.1) is 18.1 Å². The second kappa shape index (κ2) is 9.27. The molecule has 0 unspecified atom stereocenters. The summed E-state index contributed by atoms with van der Waals surface area (Å²) < 4.78 is 8.07. The number of carbonyl (C=O) groups is 1. The number of fused-ring (bicyclic) bond motifs is 1. The van der Waals surface area contributed by atoms with Gasteiger partial charge in [0, 0.05) is 15.7 Å². The molecule has 1 N–H and O–H groups in total. The van der Waals surface area contributed by atoms with Gasteiger partial charge in [0.2, 0.25) is 11.1 Å². The highest BCUT2D eigenvalue weighted by molar-refractivity contribution is 9.10. The lowest BCUT2D eigenvalue weighted by atomic mass is 10.1. The van der Waals surface area contributed by atoms with Crippen LogP contribution in [0.15, 0.2) is 70.3 Å². The van der Waals surface area contributed by atoms with Gasteiger partial charge >= 0.3 is 0 Å². The minimum Gasteiger partial charge on any atom is -0.494 e. The molecule has 0 atom stereocenters. The molecule has 0 aliphatic carbocycles. The van der Waals surface area contributed by atoms with Crippen molar-refractivity contribution in [1.29, 1.82) is 0 Å². The van der Waals surface area contributed by atoms with Gasteiger partial charge < -0.3 is 10.1 Å². The Bertz CT molecular complexity index is 1160. The van der Waals surface area contributed by atoms with Crippen molar-refractivity contribution in [1.82, 2.24) is 19.8 Å². The van der Waals surface area contributed by atoms with Gasteiger partial charge in [-0.15, -0.1) is 10.2 Å². The third-order valence-corrected chi connectivity index (χ3v) is 5.60. The Balaban J connectivity index is 1.43. The fourth-order valence-electron chi connectivity index (χ4n) is 2.76. The number of nitrogens with one attached hydrogen (secondary N) is 1. The normalized spacial score (nSPS) is 10.9. The number of ether oxygens (including phenoxy) is 1. The van der Waals surface area contributed by atoms with Crippen LogP contribution < -0.4 is 10.1 Å². The summed E-state index contributed by atoms with van der Waals surface area (Å²) >= 11 is 4.72. The highest BCUT2D eigenvalue weighted by atomic mass is 79.9. The maximum absolute atomic E-state index is 12.3. The van der Waals surface area contributed by atoms with Gasteiger partial charge in [0.25, 0.3) is 0 Å². The number of nitrogens with zero attached hydrogens (tertiary/aromatic N) is 4. The van der Waals surface area contributed by atoms with Crippen LogP contribution in [0.3, 0.4) is 0 Å². The molecule has 0 saturated heterocycles. The lowest BCUT2D eigenvalue weighted by molar-refractivity contribution is -0.113. The van der Waals surface area contributed by atoms with Gasteiger partial charge in [-0.3, -0.25) is 4.79 Å². The van der Waals surface area contributed by atoms with E-state index in [9.17, 15) is 4.79 Å². The maximum atomic E-state index is 12.3. The van der Waals surface area contributed by atoms with E-state index in [4.69, 9.17) is 4.74 Å². The molecule has 9 heteroatoms. The van der Waals surface area contributed by atoms with E-state index in [0.717, 1.165) is 21.5 Å². The van der Waals surface area contributed by atoms with Crippen molar-refractivity contribution >= 4 is 44.9 Å². The molecule has 0 aliphatic heterocycles. The first-order valence-corrected chi connectivity index (χ1v) is 11.0. The van der Waals surface area contributed by atoms with Gasteiger partial charge in [0.15, 0.2) is 5.65 Å². The fourth-order valence-corrected chi connectivity index (χ4v) is 3.71. The molecular formula is C21H18BrN5O2S. The molecule has 7 nitrogen and oxygen atoms in total. The lowest BCUT2D eigenvalue weighted by Crippen LogP contribution is -2.14. The highest BCUT2D eigenvalue weighted by Crippen LogP contribution is 2.23. The number of benzene rings is 2. The summed E-state index contributed by atoms with van der Waals surface area (Å²) in [6.45, 7) is 2.53. The van der Waals surface area contributed by atoms with Crippen LogP contribution in [0.1, 0.15) is 6.92 Å². The zero-order valence-electron chi connectivity index (χ0n) is 16.1. The molecule has 152 valence electrons.